The van der Waals surface area contributed by atoms with Gasteiger partial charge in [-0.1, -0.05) is 12.1 Å². The number of hydrogen-bond acceptors (Lipinski definition) is 6. The number of dihydropyridines is 1. The Kier molecular flexibility index (Phi) is 4.53. The van der Waals surface area contributed by atoms with Crippen molar-refractivity contribution >= 4 is 17.2 Å². The molecule has 1 aromatic heterocycles. The molecule has 2 aromatic rings. The van der Waals surface area contributed by atoms with E-state index in [1.807, 2.05) is 6.92 Å². The summed E-state index contributed by atoms with van der Waals surface area (Å²) < 4.78 is 0. The summed E-state index contributed by atoms with van der Waals surface area (Å²) in [6, 6.07) is 9.57. The molecular formula is C19H16N3O4-. The van der Waals surface area contributed by atoms with Crippen molar-refractivity contribution in [3.8, 4) is 0 Å². The molecule has 2 heterocycles. The predicted molar refractivity (Wildman–Crippen MR) is 93.5 cm³/mol. The number of nitrogens with zero attached hydrogens (tertiary/aromatic N) is 2. The molecule has 0 aliphatic carbocycles. The minimum atomic E-state index is -1.31. The number of carboxylic acids is 1. The van der Waals surface area contributed by atoms with E-state index in [-0.39, 0.29) is 11.3 Å². The number of aliphatic carboxylic acids is 1. The molecule has 26 heavy (non-hydrogen) atoms. The summed E-state index contributed by atoms with van der Waals surface area (Å²) in [6.07, 6.45) is 3.23. The van der Waals surface area contributed by atoms with Crippen molar-refractivity contribution in [2.45, 2.75) is 19.8 Å². The zero-order valence-electron chi connectivity index (χ0n) is 14.2. The number of benzene rings is 1. The minimum absolute atomic E-state index is 0.0583. The normalized spacial score (nSPS) is 17.1. The van der Waals surface area contributed by atoms with Crippen LogP contribution in [0.15, 0.2) is 65.8 Å². The first-order valence-electron chi connectivity index (χ1n) is 7.94. The Bertz CT molecular complexity index is 948. The van der Waals surface area contributed by atoms with Crippen LogP contribution in [0.25, 0.3) is 5.57 Å². The number of carbonyl (C=O) groups excluding carboxylic acids is 1. The molecule has 132 valence electrons. The van der Waals surface area contributed by atoms with Crippen molar-refractivity contribution in [3.05, 3.63) is 87.0 Å². The van der Waals surface area contributed by atoms with Crippen LogP contribution in [0.1, 0.15) is 30.9 Å². The number of nitrogens with one attached hydrogen (secondary N) is 1. The van der Waals surface area contributed by atoms with E-state index in [1.54, 1.807) is 43.6 Å². The third-order valence-electron chi connectivity index (χ3n) is 4.39. The van der Waals surface area contributed by atoms with Crippen LogP contribution in [-0.4, -0.2) is 15.9 Å². The molecule has 1 aromatic carbocycles. The molecule has 1 N–H and O–H groups in total. The van der Waals surface area contributed by atoms with E-state index < -0.39 is 16.8 Å². The van der Waals surface area contributed by atoms with Gasteiger partial charge in [-0.25, -0.2) is 0 Å². The summed E-state index contributed by atoms with van der Waals surface area (Å²) in [6.45, 7) is 3.50. The zero-order chi connectivity index (χ0) is 18.8. The topological polar surface area (TPSA) is 108 Å². The van der Waals surface area contributed by atoms with Gasteiger partial charge in [0.2, 0.25) is 0 Å². The lowest BCUT2D eigenvalue weighted by molar-refractivity contribution is -0.384. The van der Waals surface area contributed by atoms with Crippen LogP contribution in [0, 0.1) is 10.1 Å². The first-order valence-corrected chi connectivity index (χ1v) is 7.94. The lowest BCUT2D eigenvalue weighted by atomic mass is 9.78. The molecule has 0 saturated carbocycles. The third-order valence-corrected chi connectivity index (χ3v) is 4.39. The first kappa shape index (κ1) is 17.3. The zero-order valence-corrected chi connectivity index (χ0v) is 14.2. The van der Waals surface area contributed by atoms with Crippen molar-refractivity contribution in [2.24, 2.45) is 0 Å². The maximum Gasteiger partial charge on any atom is 0.269 e. The van der Waals surface area contributed by atoms with Gasteiger partial charge in [-0.05, 0) is 42.7 Å². The first-order chi connectivity index (χ1) is 12.4. The Labute approximate surface area is 149 Å². The number of nitro benzene ring substituents is 1. The van der Waals surface area contributed by atoms with Gasteiger partial charge in [0.25, 0.3) is 5.69 Å². The lowest BCUT2D eigenvalue weighted by Crippen LogP contribution is -2.34. The third kappa shape index (κ3) is 3.06. The summed E-state index contributed by atoms with van der Waals surface area (Å²) in [7, 11) is 0. The van der Waals surface area contributed by atoms with E-state index in [0.717, 1.165) is 16.8 Å². The van der Waals surface area contributed by atoms with Gasteiger partial charge in [-0.15, -0.1) is 0 Å². The number of rotatable bonds is 4. The predicted octanol–water partition coefficient (Wildman–Crippen LogP) is 2.13. The summed E-state index contributed by atoms with van der Waals surface area (Å²) in [5.74, 6) is -2.01. The van der Waals surface area contributed by atoms with E-state index in [9.17, 15) is 20.0 Å². The van der Waals surface area contributed by atoms with Gasteiger partial charge in [0, 0.05) is 47.4 Å². The molecule has 1 atom stereocenters. The van der Waals surface area contributed by atoms with Crippen molar-refractivity contribution in [3.63, 3.8) is 0 Å². The standard InChI is InChI=1S/C19H17N3O4/c1-11-16(13-6-8-20-9-7-13)18(17(19(23)24)12(2)21-11)14-4-3-5-15(10-14)22(25)26/h3-10,18,21H,1-2H3,(H,23,24)/p-1. The van der Waals surface area contributed by atoms with Gasteiger partial charge in [0.1, 0.15) is 0 Å². The molecule has 7 heteroatoms. The van der Waals surface area contributed by atoms with Crippen molar-refractivity contribution in [1.82, 2.24) is 10.3 Å². The van der Waals surface area contributed by atoms with Crippen LogP contribution in [0.3, 0.4) is 0 Å². The number of hydrogen-bond donors (Lipinski definition) is 1. The average Bonchev–Trinajstić information content (AvgIpc) is 2.61. The number of carbonyl (C=O) groups is 1. The summed E-state index contributed by atoms with van der Waals surface area (Å²) in [5, 5.41) is 26.1. The molecule has 0 radical (unpaired) electrons. The Balaban J connectivity index is 2.26. The number of pyridine rings is 1. The molecule has 1 unspecified atom stereocenters. The monoisotopic (exact) mass is 350 g/mol. The van der Waals surface area contributed by atoms with E-state index in [1.165, 1.54) is 12.1 Å². The average molecular weight is 350 g/mol. The molecule has 0 amide bonds. The SMILES string of the molecule is CC1=C(C(=O)[O-])C(c2cccc([N+](=O)[O-])c2)C(c2ccncc2)=C(C)N1. The van der Waals surface area contributed by atoms with E-state index in [4.69, 9.17) is 0 Å². The Morgan fingerprint density at radius 3 is 2.46 bits per heavy atom. The number of carboxylic acid groups (broad SMARTS) is 1. The molecule has 1 aliphatic heterocycles. The second-order valence-electron chi connectivity index (χ2n) is 6.01. The summed E-state index contributed by atoms with van der Waals surface area (Å²) in [4.78, 5) is 26.5. The fourth-order valence-corrected chi connectivity index (χ4v) is 3.33. The van der Waals surface area contributed by atoms with Gasteiger partial charge < -0.3 is 15.2 Å². The van der Waals surface area contributed by atoms with Crippen LogP contribution in [0.4, 0.5) is 5.69 Å². The number of non-ortho nitro benzene ring substituents is 1. The largest absolute Gasteiger partial charge is 0.545 e. The second-order valence-corrected chi connectivity index (χ2v) is 6.01. The fourth-order valence-electron chi connectivity index (χ4n) is 3.33. The number of aromatic nitrogens is 1. The molecule has 0 fully saturated rings. The van der Waals surface area contributed by atoms with Gasteiger partial charge in [0.15, 0.2) is 0 Å². The van der Waals surface area contributed by atoms with Gasteiger partial charge in [-0.3, -0.25) is 15.1 Å². The minimum Gasteiger partial charge on any atom is -0.545 e. The summed E-state index contributed by atoms with van der Waals surface area (Å²) in [5.41, 5.74) is 3.22. The number of allylic oxidation sites excluding steroid dienone is 3. The van der Waals surface area contributed by atoms with Crippen LogP contribution in [0.2, 0.25) is 0 Å². The van der Waals surface area contributed by atoms with Crippen molar-refractivity contribution < 1.29 is 14.8 Å². The van der Waals surface area contributed by atoms with Gasteiger partial charge in [0.05, 0.1) is 10.9 Å². The van der Waals surface area contributed by atoms with Crippen molar-refractivity contribution in [1.29, 1.82) is 0 Å². The highest BCUT2D eigenvalue weighted by molar-refractivity contribution is 5.95. The maximum atomic E-state index is 11.9. The fraction of sp³-hybridized carbons (Fsp3) is 0.158. The van der Waals surface area contributed by atoms with Crippen LogP contribution in [-0.2, 0) is 4.79 Å². The second kappa shape index (κ2) is 6.79. The molecule has 0 spiro atoms. The Morgan fingerprint density at radius 1 is 1.15 bits per heavy atom. The molecular weight excluding hydrogens is 334 g/mol. The molecule has 3 rings (SSSR count). The van der Waals surface area contributed by atoms with E-state index in [2.05, 4.69) is 10.3 Å². The highest BCUT2D eigenvalue weighted by Gasteiger charge is 2.31. The molecule has 7 nitrogen and oxygen atoms in total. The Morgan fingerprint density at radius 2 is 1.85 bits per heavy atom. The van der Waals surface area contributed by atoms with Gasteiger partial charge in [-0.2, -0.15) is 0 Å². The molecule has 1 aliphatic rings. The summed E-state index contributed by atoms with van der Waals surface area (Å²) >= 11 is 0. The van der Waals surface area contributed by atoms with Gasteiger partial charge >= 0.3 is 0 Å². The smallest absolute Gasteiger partial charge is 0.269 e. The van der Waals surface area contributed by atoms with E-state index >= 15 is 0 Å². The Hall–Kier alpha value is -3.48. The maximum absolute atomic E-state index is 11.9. The highest BCUT2D eigenvalue weighted by atomic mass is 16.6. The number of nitro groups is 1. The van der Waals surface area contributed by atoms with Crippen LogP contribution < -0.4 is 10.4 Å². The molecule has 0 saturated heterocycles. The van der Waals surface area contributed by atoms with E-state index in [0.29, 0.717) is 11.3 Å². The molecule has 0 bridgehead atoms. The van der Waals surface area contributed by atoms with Crippen molar-refractivity contribution in [2.75, 3.05) is 0 Å². The van der Waals surface area contributed by atoms with Crippen LogP contribution in [0.5, 0.6) is 0 Å². The lowest BCUT2D eigenvalue weighted by Gasteiger charge is -2.33. The van der Waals surface area contributed by atoms with Crippen LogP contribution >= 0.6 is 0 Å². The quantitative estimate of drug-likeness (QED) is 0.668. The highest BCUT2D eigenvalue weighted by Crippen LogP contribution is 2.43.